The number of methoxy groups -OCH3 is 1. The van der Waals surface area contributed by atoms with Crippen LogP contribution in [0.25, 0.3) is 0 Å². The molecule has 14 nitrogen and oxygen atoms in total. The molecule has 14 atom stereocenters. The number of carbonyl (C=O) groups excluding carboxylic acids is 2. The molecule has 4 aliphatic carbocycles. The first-order chi connectivity index (χ1) is 25.8. The number of carbonyl (C=O) groups is 2. The number of aliphatic hydroxyl groups is 5. The molecule has 8 rings (SSSR count). The van der Waals surface area contributed by atoms with Gasteiger partial charge in [0.1, 0.15) is 31.0 Å². The Bertz CT molecular complexity index is 1580. The van der Waals surface area contributed by atoms with Gasteiger partial charge in [-0.1, -0.05) is 31.1 Å². The maximum Gasteiger partial charge on any atom is 0.337 e. The highest BCUT2D eigenvalue weighted by atomic mass is 16.8. The Morgan fingerprint density at radius 3 is 2.54 bits per heavy atom. The highest BCUT2D eigenvalue weighted by molar-refractivity contribution is 5.89. The van der Waals surface area contributed by atoms with E-state index in [1.165, 1.54) is 24.5 Å². The maximum absolute atomic E-state index is 14.3. The van der Waals surface area contributed by atoms with Gasteiger partial charge in [0.25, 0.3) is 0 Å². The molecule has 4 heterocycles. The van der Waals surface area contributed by atoms with Crippen molar-refractivity contribution in [1.29, 1.82) is 0 Å². The Hall–Kier alpha value is -2.40. The molecule has 0 aromatic heterocycles. The SMILES string of the molecule is COC(=O)C1=CO[C@@H](O[C@@H]2O[C@H](COC(=O)[C@@H]3C[C@]45CN(C)CC(CCC6=C4C3CC6)C53CC[C@](O)(C(C)C)OC3)[C@@H](O)[C@H](O)[C@H]2O)[C@@H]2C(CO)=CC[C@H]12. The number of likely N-dealkylation sites (tertiary alicyclic amines) is 1. The lowest BCUT2D eigenvalue weighted by Crippen LogP contribution is -2.64. The summed E-state index contributed by atoms with van der Waals surface area (Å²) in [5, 5.41) is 54.3. The highest BCUT2D eigenvalue weighted by Crippen LogP contribution is 2.72. The lowest BCUT2D eigenvalue weighted by atomic mass is 9.50. The summed E-state index contributed by atoms with van der Waals surface area (Å²) in [6.07, 6.45) is 0.630. The second-order valence-electron chi connectivity index (χ2n) is 17.6. The number of hydrogen-bond donors (Lipinski definition) is 5. The number of rotatable bonds is 8. The molecule has 5 N–H and O–H groups in total. The van der Waals surface area contributed by atoms with E-state index in [4.69, 9.17) is 28.4 Å². The van der Waals surface area contributed by atoms with Crippen molar-refractivity contribution < 1.29 is 63.5 Å². The smallest absolute Gasteiger partial charge is 0.337 e. The van der Waals surface area contributed by atoms with E-state index in [9.17, 15) is 35.1 Å². The van der Waals surface area contributed by atoms with Gasteiger partial charge in [0.15, 0.2) is 12.1 Å². The van der Waals surface area contributed by atoms with Crippen molar-refractivity contribution in [3.05, 3.63) is 34.6 Å². The van der Waals surface area contributed by atoms with Gasteiger partial charge in [-0.05, 0) is 69.4 Å². The number of fused-ring (bicyclic) bond motifs is 1. The molecule has 3 saturated heterocycles. The average molecular weight is 760 g/mol. The van der Waals surface area contributed by atoms with Crippen LogP contribution in [0.1, 0.15) is 65.2 Å². The number of esters is 2. The van der Waals surface area contributed by atoms with Crippen LogP contribution in [-0.4, -0.2) is 132 Å². The molecule has 4 aliphatic heterocycles. The van der Waals surface area contributed by atoms with Gasteiger partial charge in [-0.25, -0.2) is 4.79 Å². The maximum atomic E-state index is 14.3. The first-order valence-corrected chi connectivity index (χ1v) is 19.8. The Morgan fingerprint density at radius 1 is 1.06 bits per heavy atom. The third-order valence-electron chi connectivity index (χ3n) is 14.8. The van der Waals surface area contributed by atoms with Crippen LogP contribution in [0, 0.1) is 46.3 Å². The third-order valence-corrected chi connectivity index (χ3v) is 14.8. The molecule has 0 radical (unpaired) electrons. The summed E-state index contributed by atoms with van der Waals surface area (Å²) in [6, 6.07) is 0. The van der Waals surface area contributed by atoms with E-state index >= 15 is 0 Å². The van der Waals surface area contributed by atoms with E-state index in [1.807, 2.05) is 13.8 Å². The molecule has 0 amide bonds. The predicted octanol–water partition coefficient (Wildman–Crippen LogP) is 1.53. The van der Waals surface area contributed by atoms with Crippen LogP contribution >= 0.6 is 0 Å². The summed E-state index contributed by atoms with van der Waals surface area (Å²) in [5.74, 6) is -3.18. The normalized spacial score (nSPS) is 45.7. The van der Waals surface area contributed by atoms with E-state index in [1.54, 1.807) is 6.08 Å². The second-order valence-corrected chi connectivity index (χ2v) is 17.6. The molecule has 0 aromatic carbocycles. The van der Waals surface area contributed by atoms with Crippen LogP contribution in [0.2, 0.25) is 0 Å². The predicted molar refractivity (Wildman–Crippen MR) is 188 cm³/mol. The van der Waals surface area contributed by atoms with E-state index in [-0.39, 0.29) is 47.4 Å². The zero-order valence-corrected chi connectivity index (χ0v) is 31.7. The lowest BCUT2D eigenvalue weighted by Gasteiger charge is -2.62. The number of aliphatic hydroxyl groups excluding tert-OH is 4. The van der Waals surface area contributed by atoms with Gasteiger partial charge < -0.3 is 58.9 Å². The van der Waals surface area contributed by atoms with Crippen LogP contribution in [0.5, 0.6) is 0 Å². The van der Waals surface area contributed by atoms with Crippen molar-refractivity contribution in [1.82, 2.24) is 4.90 Å². The van der Waals surface area contributed by atoms with Crippen molar-refractivity contribution in [3.8, 4) is 0 Å². The minimum atomic E-state index is -1.69. The van der Waals surface area contributed by atoms with Crippen molar-refractivity contribution >= 4 is 11.9 Å². The van der Waals surface area contributed by atoms with E-state index < -0.39 is 66.5 Å². The molecule has 300 valence electrons. The van der Waals surface area contributed by atoms with Gasteiger partial charge in [-0.3, -0.25) is 4.79 Å². The van der Waals surface area contributed by atoms with Gasteiger partial charge in [0.2, 0.25) is 6.29 Å². The van der Waals surface area contributed by atoms with Gasteiger partial charge in [0, 0.05) is 42.2 Å². The van der Waals surface area contributed by atoms with E-state index in [0.717, 1.165) is 45.2 Å². The van der Waals surface area contributed by atoms with Gasteiger partial charge in [-0.15, -0.1) is 0 Å². The number of piperidine rings is 1. The number of ether oxygens (including phenoxy) is 6. The Labute approximate surface area is 316 Å². The van der Waals surface area contributed by atoms with E-state index in [0.29, 0.717) is 37.4 Å². The summed E-state index contributed by atoms with van der Waals surface area (Å²) in [4.78, 5) is 29.1. The largest absolute Gasteiger partial charge is 0.471 e. The fourth-order valence-corrected chi connectivity index (χ4v) is 12.0. The molecule has 14 heteroatoms. The first kappa shape index (κ1) is 38.5. The lowest BCUT2D eigenvalue weighted by molar-refractivity contribution is -0.340. The van der Waals surface area contributed by atoms with Crippen LogP contribution in [0.3, 0.4) is 0 Å². The molecule has 4 fully saturated rings. The van der Waals surface area contributed by atoms with Gasteiger partial charge >= 0.3 is 11.9 Å². The number of hydrogen-bond acceptors (Lipinski definition) is 14. The zero-order chi connectivity index (χ0) is 38.3. The third kappa shape index (κ3) is 5.84. The zero-order valence-electron chi connectivity index (χ0n) is 31.7. The average Bonchev–Trinajstić information content (AvgIpc) is 3.86. The molecule has 54 heavy (non-hydrogen) atoms. The molecule has 2 bridgehead atoms. The molecular formula is C40H57NO13. The monoisotopic (exact) mass is 759 g/mol. The van der Waals surface area contributed by atoms with Gasteiger partial charge in [-0.2, -0.15) is 0 Å². The Kier molecular flexibility index (Phi) is 10.1. The van der Waals surface area contributed by atoms with Crippen LogP contribution in [0.4, 0.5) is 0 Å². The quantitative estimate of drug-likeness (QED) is 0.177. The van der Waals surface area contributed by atoms with Gasteiger partial charge in [0.05, 0.1) is 44.0 Å². The summed E-state index contributed by atoms with van der Waals surface area (Å²) < 4.78 is 35.2. The van der Waals surface area contributed by atoms with Crippen molar-refractivity contribution in [2.24, 2.45) is 46.3 Å². The summed E-state index contributed by atoms with van der Waals surface area (Å²) >= 11 is 0. The molecule has 3 unspecified atom stereocenters. The molecule has 0 aromatic rings. The topological polar surface area (TPSA) is 194 Å². The van der Waals surface area contributed by atoms with Crippen molar-refractivity contribution in [3.63, 3.8) is 0 Å². The Morgan fingerprint density at radius 2 is 1.83 bits per heavy atom. The van der Waals surface area contributed by atoms with Crippen LogP contribution in [0.15, 0.2) is 34.6 Å². The fraction of sp³-hybridized carbons (Fsp3) is 0.800. The van der Waals surface area contributed by atoms with Crippen LogP contribution in [-0.2, 0) is 38.0 Å². The first-order valence-electron chi connectivity index (χ1n) is 19.8. The molecule has 2 spiro atoms. The molecular weight excluding hydrogens is 702 g/mol. The molecule has 1 saturated carbocycles. The van der Waals surface area contributed by atoms with Crippen molar-refractivity contribution in [2.45, 2.75) is 108 Å². The minimum absolute atomic E-state index is 0.0285. The Balaban J connectivity index is 0.992. The summed E-state index contributed by atoms with van der Waals surface area (Å²) in [7, 11) is 3.43. The minimum Gasteiger partial charge on any atom is -0.471 e. The highest BCUT2D eigenvalue weighted by Gasteiger charge is 2.70. The number of allylic oxidation sites excluding steroid dienone is 2. The van der Waals surface area contributed by atoms with Crippen molar-refractivity contribution in [2.75, 3.05) is 47.1 Å². The molecule has 8 aliphatic rings. The second kappa shape index (κ2) is 14.2. The fourth-order valence-electron chi connectivity index (χ4n) is 12.0. The van der Waals surface area contributed by atoms with E-state index in [2.05, 4.69) is 11.9 Å². The summed E-state index contributed by atoms with van der Waals surface area (Å²) in [6.45, 7) is 5.52. The summed E-state index contributed by atoms with van der Waals surface area (Å²) in [5.41, 5.74) is 3.26. The standard InChI is InChI=1S/C40H57NO13/c1-20(2)40(48)12-11-38(19-52-40)23-8-5-21-6-10-25-26(13-39(38,30(21)25)18-41(3)14-23)35(47)50-17-28-31(43)32(44)33(45)37(53-28)54-36-29-22(15-42)7-9-24(29)27(16-51-36)34(46)49-4/h7,16,20,23-26,28-29,31-33,36-37,42-45,48H,5-6,8-15,17-19H2,1-4H3/t23?,24-,25?,26-,28-,29-,31-,32+,33-,36+,37+,38?,39+,40-/m1/s1. The van der Waals surface area contributed by atoms with Crippen LogP contribution < -0.4 is 0 Å². The number of nitrogens with zero attached hydrogens (tertiary/aromatic N) is 1.